The van der Waals surface area contributed by atoms with Gasteiger partial charge >= 0.3 is 0 Å². The zero-order valence-electron chi connectivity index (χ0n) is 20.8. The van der Waals surface area contributed by atoms with Gasteiger partial charge in [-0.1, -0.05) is 13.8 Å². The molecule has 0 aliphatic heterocycles. The lowest BCUT2D eigenvalue weighted by molar-refractivity contribution is -0.144. The molecule has 33 heavy (non-hydrogen) atoms. The van der Waals surface area contributed by atoms with E-state index < -0.39 is 28.8 Å². The molecule has 0 radical (unpaired) electrons. The third kappa shape index (κ3) is 3.94. The van der Waals surface area contributed by atoms with Gasteiger partial charge in [-0.3, -0.25) is 4.79 Å². The van der Waals surface area contributed by atoms with E-state index in [4.69, 9.17) is 0 Å². The second-order valence-electron chi connectivity index (χ2n) is 12.8. The van der Waals surface area contributed by atoms with E-state index in [1.165, 1.54) is 0 Å². The highest BCUT2D eigenvalue weighted by Gasteiger charge is 2.66. The maximum Gasteiger partial charge on any atom is 0.159 e. The first-order valence-corrected chi connectivity index (χ1v) is 12.9. The molecule has 188 valence electrons. The lowest BCUT2D eigenvalue weighted by Gasteiger charge is -2.60. The Morgan fingerprint density at radius 2 is 1.82 bits per heavy atom. The summed E-state index contributed by atoms with van der Waals surface area (Å²) in [5.74, 6) is -0.477. The summed E-state index contributed by atoms with van der Waals surface area (Å²) in [4.78, 5) is 13.2. The second kappa shape index (κ2) is 8.41. The number of carbonyl (C=O) groups excluding carboxylic acids is 1. The van der Waals surface area contributed by atoms with E-state index in [2.05, 4.69) is 13.8 Å². The van der Waals surface area contributed by atoms with Crippen LogP contribution in [0.4, 0.5) is 0 Å². The van der Waals surface area contributed by atoms with Gasteiger partial charge < -0.3 is 25.5 Å². The van der Waals surface area contributed by atoms with Crippen LogP contribution in [-0.4, -0.2) is 61.3 Å². The quantitative estimate of drug-likeness (QED) is 0.413. The number of hydrogen-bond donors (Lipinski definition) is 5. The van der Waals surface area contributed by atoms with Crippen LogP contribution in [0.3, 0.4) is 0 Å². The normalized spacial score (nSPS) is 45.0. The summed E-state index contributed by atoms with van der Waals surface area (Å²) in [5.41, 5.74) is -1.91. The average Bonchev–Trinajstić information content (AvgIpc) is 3.00. The van der Waals surface area contributed by atoms with E-state index in [1.54, 1.807) is 19.9 Å². The summed E-state index contributed by atoms with van der Waals surface area (Å²) >= 11 is 0. The molecule has 6 heteroatoms. The Hall–Kier alpha value is -0.790. The van der Waals surface area contributed by atoms with Crippen molar-refractivity contribution in [1.29, 1.82) is 0 Å². The molecule has 4 aliphatic rings. The number of carbonyl (C=O) groups is 1. The van der Waals surface area contributed by atoms with Crippen LogP contribution >= 0.6 is 0 Å². The predicted octanol–water partition coefficient (Wildman–Crippen LogP) is 2.74. The fraction of sp³-hybridized carbons (Fsp3) is 0.889. The summed E-state index contributed by atoms with van der Waals surface area (Å²) in [6.07, 6.45) is 6.21. The van der Waals surface area contributed by atoms with Gasteiger partial charge in [-0.2, -0.15) is 0 Å². The Morgan fingerprint density at radius 3 is 2.45 bits per heavy atom. The minimum absolute atomic E-state index is 0.0348. The van der Waals surface area contributed by atoms with E-state index in [9.17, 15) is 30.3 Å². The molecule has 2 unspecified atom stereocenters. The molecule has 5 N–H and O–H groups in total. The van der Waals surface area contributed by atoms with Crippen molar-refractivity contribution >= 4 is 5.78 Å². The molecular weight excluding hydrogens is 420 g/mol. The molecule has 0 heterocycles. The monoisotopic (exact) mass is 464 g/mol. The topological polar surface area (TPSA) is 118 Å². The van der Waals surface area contributed by atoms with Crippen LogP contribution in [0.5, 0.6) is 0 Å². The molecule has 9 atom stereocenters. The van der Waals surface area contributed by atoms with E-state index in [-0.39, 0.29) is 41.5 Å². The van der Waals surface area contributed by atoms with Crippen LogP contribution in [0.15, 0.2) is 11.6 Å². The first-order valence-electron chi connectivity index (χ1n) is 12.9. The molecule has 3 fully saturated rings. The summed E-state index contributed by atoms with van der Waals surface area (Å²) in [6, 6.07) is 0. The average molecular weight is 465 g/mol. The minimum atomic E-state index is -1.12. The summed E-state index contributed by atoms with van der Waals surface area (Å²) in [5, 5.41) is 53.8. The van der Waals surface area contributed by atoms with Gasteiger partial charge in [-0.15, -0.1) is 0 Å². The number of allylic oxidation sites excluding steroid dienone is 1. The van der Waals surface area contributed by atoms with Gasteiger partial charge in [0.2, 0.25) is 0 Å². The van der Waals surface area contributed by atoms with Crippen LogP contribution < -0.4 is 0 Å². The van der Waals surface area contributed by atoms with E-state index in [1.807, 2.05) is 0 Å². The molecule has 3 saturated carbocycles. The highest BCUT2D eigenvalue weighted by molar-refractivity contribution is 5.95. The predicted molar refractivity (Wildman–Crippen MR) is 125 cm³/mol. The van der Waals surface area contributed by atoms with Crippen molar-refractivity contribution in [3.8, 4) is 0 Å². The zero-order valence-corrected chi connectivity index (χ0v) is 20.8. The van der Waals surface area contributed by atoms with Crippen molar-refractivity contribution in [1.82, 2.24) is 0 Å². The van der Waals surface area contributed by atoms with Crippen molar-refractivity contribution < 1.29 is 30.3 Å². The Bertz CT molecular complexity index is 801. The minimum Gasteiger partial charge on any atom is -0.396 e. The molecule has 0 aromatic rings. The Kier molecular flexibility index (Phi) is 6.45. The molecule has 4 aliphatic carbocycles. The number of rotatable bonds is 6. The van der Waals surface area contributed by atoms with Gasteiger partial charge in [0, 0.05) is 23.9 Å². The summed E-state index contributed by atoms with van der Waals surface area (Å²) in [7, 11) is 0. The molecular formula is C27H44O6. The summed E-state index contributed by atoms with van der Waals surface area (Å²) in [6.45, 7) is 7.53. The lowest BCUT2D eigenvalue weighted by atomic mass is 9.46. The second-order valence-corrected chi connectivity index (χ2v) is 12.8. The number of hydrogen-bond acceptors (Lipinski definition) is 6. The van der Waals surface area contributed by atoms with Crippen molar-refractivity contribution in [2.24, 2.45) is 34.5 Å². The third-order valence-corrected chi connectivity index (χ3v) is 10.4. The number of aliphatic hydroxyl groups excluding tert-OH is 3. The first-order chi connectivity index (χ1) is 15.3. The first kappa shape index (κ1) is 25.3. The SMILES string of the molecule is CC(C)(O)CC[C@@H](O)[C@@H](CO)C1CC[C@@]2(O)C3=CC(=O)[C@@H]4C[C@@H](O)CC[C@]4(C)C3CC[C@]12C. The molecule has 0 bridgehead atoms. The lowest BCUT2D eigenvalue weighted by Crippen LogP contribution is -2.59. The molecule has 4 rings (SSSR count). The van der Waals surface area contributed by atoms with E-state index >= 15 is 0 Å². The standard InChI is InChI=1S/C27H44O6/c1-24(2,32)9-8-22(30)17(15-28)18-7-12-27(33)20-14-23(31)21-13-16(29)5-10-25(21,3)19(20)6-11-26(18,27)4/h14,16-19,21-22,28-30,32-33H,5-13,15H2,1-4H3/t16-,17-,18?,19?,21-,22+,25+,26+,27+/m0/s1. The van der Waals surface area contributed by atoms with E-state index in [0.717, 1.165) is 24.8 Å². The highest BCUT2D eigenvalue weighted by atomic mass is 16.3. The number of fused-ring (bicyclic) bond motifs is 5. The maximum absolute atomic E-state index is 13.2. The number of ketones is 1. The van der Waals surface area contributed by atoms with Crippen molar-refractivity contribution in [3.05, 3.63) is 11.6 Å². The molecule has 6 nitrogen and oxygen atoms in total. The largest absolute Gasteiger partial charge is 0.396 e. The highest BCUT2D eigenvalue weighted by Crippen LogP contribution is 2.68. The van der Waals surface area contributed by atoms with Gasteiger partial charge in [0.15, 0.2) is 5.78 Å². The Morgan fingerprint density at radius 1 is 1.12 bits per heavy atom. The van der Waals surface area contributed by atoms with Gasteiger partial charge in [0.25, 0.3) is 0 Å². The fourth-order valence-corrected chi connectivity index (χ4v) is 8.28. The van der Waals surface area contributed by atoms with Crippen molar-refractivity contribution in [3.63, 3.8) is 0 Å². The van der Waals surface area contributed by atoms with Gasteiger partial charge in [-0.25, -0.2) is 0 Å². The molecule has 0 aromatic heterocycles. The molecule has 0 saturated heterocycles. The third-order valence-electron chi connectivity index (χ3n) is 10.4. The molecule has 0 aromatic carbocycles. The van der Waals surface area contributed by atoms with Crippen molar-refractivity contribution in [2.75, 3.05) is 6.61 Å². The smallest absolute Gasteiger partial charge is 0.159 e. The van der Waals surface area contributed by atoms with Crippen LogP contribution in [-0.2, 0) is 4.79 Å². The zero-order chi connectivity index (χ0) is 24.4. The van der Waals surface area contributed by atoms with E-state index in [0.29, 0.717) is 38.5 Å². The maximum atomic E-state index is 13.2. The van der Waals surface area contributed by atoms with Crippen LogP contribution in [0, 0.1) is 34.5 Å². The Balaban J connectivity index is 1.64. The molecule has 0 spiro atoms. The van der Waals surface area contributed by atoms with Crippen LogP contribution in [0.25, 0.3) is 0 Å². The van der Waals surface area contributed by atoms with Crippen LogP contribution in [0.1, 0.15) is 85.5 Å². The Labute approximate surface area is 198 Å². The van der Waals surface area contributed by atoms with Gasteiger partial charge in [-0.05, 0) is 101 Å². The van der Waals surface area contributed by atoms with Crippen molar-refractivity contribution in [2.45, 2.75) is 109 Å². The van der Waals surface area contributed by atoms with Gasteiger partial charge in [0.05, 0.1) is 23.4 Å². The molecule has 0 amide bonds. The van der Waals surface area contributed by atoms with Gasteiger partial charge in [0.1, 0.15) is 0 Å². The number of aliphatic hydroxyl groups is 5. The summed E-state index contributed by atoms with van der Waals surface area (Å²) < 4.78 is 0. The van der Waals surface area contributed by atoms with Crippen LogP contribution in [0.2, 0.25) is 0 Å². The fourth-order valence-electron chi connectivity index (χ4n) is 8.28.